The van der Waals surface area contributed by atoms with Crippen LogP contribution in [0, 0.1) is 11.8 Å². The third-order valence-electron chi connectivity index (χ3n) is 8.73. The lowest BCUT2D eigenvalue weighted by atomic mass is 9.81. The van der Waals surface area contributed by atoms with E-state index in [0.29, 0.717) is 5.39 Å². The molecular weight excluding hydrogens is 688 g/mol. The number of benzene rings is 1. The lowest BCUT2D eigenvalue weighted by Crippen LogP contribution is -2.60. The Kier molecular flexibility index (Phi) is 12.0. The first-order chi connectivity index (χ1) is 24.3. The molecule has 0 amide bonds. The Morgan fingerprint density at radius 3 is 2.24 bits per heavy atom. The zero-order chi connectivity index (χ0) is 37.1. The van der Waals surface area contributed by atoms with Crippen molar-refractivity contribution < 1.29 is 88.0 Å². The van der Waals surface area contributed by atoms with Gasteiger partial charge in [0.2, 0.25) is 12.6 Å². The average Bonchev–Trinajstić information content (AvgIpc) is 3.11. The van der Waals surface area contributed by atoms with Gasteiger partial charge in [0.05, 0.1) is 32.0 Å². The number of aliphatic hydroxyl groups is 7. The van der Waals surface area contributed by atoms with Crippen molar-refractivity contribution in [2.45, 2.75) is 74.1 Å². The van der Waals surface area contributed by atoms with Gasteiger partial charge in [-0.25, -0.2) is 9.59 Å². The summed E-state index contributed by atoms with van der Waals surface area (Å²) in [5, 5.41) is 82.6. The standard InChI is InChI=1S/C32H38O19/c1-3-13-14(15(29(43)44-2)10-46-30(13)51-32-28(42)25(39)23(37)19(9-33)49-32)7-22(36)45-11-20-24(38)26(40)27(41)31(50-20)48-18-8-17-12(6-16(18)34)4-5-21(35)47-17/h3-6,8,10,13-14,19-20,23-28,30-34,37-42H,1,7,9,11H2,2H3/t13-,14+,19-,20-,23-,24-,25+,26+,27-,28-,30+,31-,32+/m1/s1. The van der Waals surface area contributed by atoms with E-state index in [9.17, 15) is 55.2 Å². The monoisotopic (exact) mass is 726 g/mol. The SMILES string of the molecule is C=C[C@H]1[C@H](O[C@@H]2O[C@H](CO)[C@@H](O)[C@H](O)[C@H]2O)OC=C(C(=O)OC)[C@H]1CC(=O)OC[C@H]1O[C@@H](Oc2cc3oc(=O)ccc3cc2O)[C@H](O)[C@@H](O)[C@@H]1O. The van der Waals surface area contributed by atoms with Gasteiger partial charge < -0.3 is 78.4 Å². The van der Waals surface area contributed by atoms with Crippen LogP contribution in [0.1, 0.15) is 6.42 Å². The molecule has 51 heavy (non-hydrogen) atoms. The van der Waals surface area contributed by atoms with E-state index in [1.807, 2.05) is 0 Å². The minimum Gasteiger partial charge on any atom is -0.504 e. The van der Waals surface area contributed by atoms with Crippen LogP contribution in [0.15, 0.2) is 58.0 Å². The van der Waals surface area contributed by atoms with Crippen molar-refractivity contribution in [1.29, 1.82) is 0 Å². The summed E-state index contributed by atoms with van der Waals surface area (Å²) < 4.78 is 43.0. The third-order valence-corrected chi connectivity index (χ3v) is 8.73. The lowest BCUT2D eigenvalue weighted by Gasteiger charge is -2.43. The van der Waals surface area contributed by atoms with E-state index >= 15 is 0 Å². The average molecular weight is 727 g/mol. The van der Waals surface area contributed by atoms with Crippen LogP contribution >= 0.6 is 0 Å². The number of fused-ring (bicyclic) bond motifs is 1. The van der Waals surface area contributed by atoms with Crippen LogP contribution < -0.4 is 10.4 Å². The maximum Gasteiger partial charge on any atom is 0.337 e. The molecule has 0 aliphatic carbocycles. The predicted octanol–water partition coefficient (Wildman–Crippen LogP) is -2.73. The Hall–Kier alpha value is -4.15. The Balaban J connectivity index is 1.27. The summed E-state index contributed by atoms with van der Waals surface area (Å²) in [6, 6.07) is 4.91. The van der Waals surface area contributed by atoms with Crippen LogP contribution in [0.2, 0.25) is 0 Å². The van der Waals surface area contributed by atoms with E-state index in [4.69, 9.17) is 37.6 Å². The van der Waals surface area contributed by atoms with E-state index in [1.54, 1.807) is 0 Å². The van der Waals surface area contributed by atoms with Gasteiger partial charge in [-0.15, -0.1) is 6.58 Å². The molecule has 8 N–H and O–H groups in total. The van der Waals surface area contributed by atoms with Gasteiger partial charge in [0.1, 0.15) is 61.0 Å². The molecule has 13 atom stereocenters. The van der Waals surface area contributed by atoms with Crippen LogP contribution in [0.25, 0.3) is 11.0 Å². The van der Waals surface area contributed by atoms with Crippen molar-refractivity contribution in [3.8, 4) is 11.5 Å². The molecule has 5 rings (SSSR count). The zero-order valence-corrected chi connectivity index (χ0v) is 26.9. The maximum atomic E-state index is 13.2. The molecule has 3 aliphatic rings. The van der Waals surface area contributed by atoms with Crippen LogP contribution in [0.5, 0.6) is 11.5 Å². The molecule has 3 aliphatic heterocycles. The van der Waals surface area contributed by atoms with Gasteiger partial charge in [-0.1, -0.05) is 6.08 Å². The molecule has 280 valence electrons. The first-order valence-electron chi connectivity index (χ1n) is 15.6. The second-order valence-electron chi connectivity index (χ2n) is 12.0. The number of carbonyl (C=O) groups is 2. The Labute approximate surface area is 288 Å². The molecule has 2 fully saturated rings. The second kappa shape index (κ2) is 16.0. The van der Waals surface area contributed by atoms with Crippen molar-refractivity contribution in [3.63, 3.8) is 0 Å². The number of aromatic hydroxyl groups is 1. The smallest absolute Gasteiger partial charge is 0.337 e. The molecule has 0 bridgehead atoms. The van der Waals surface area contributed by atoms with Gasteiger partial charge in [-0.3, -0.25) is 4.79 Å². The highest BCUT2D eigenvalue weighted by Crippen LogP contribution is 2.38. The molecule has 0 spiro atoms. The molecular formula is C32H38O19. The topological polar surface area (TPSA) is 291 Å². The highest BCUT2D eigenvalue weighted by molar-refractivity contribution is 5.90. The Bertz CT molecular complexity index is 1650. The number of methoxy groups -OCH3 is 1. The number of esters is 2. The van der Waals surface area contributed by atoms with Gasteiger partial charge in [0, 0.05) is 29.4 Å². The predicted molar refractivity (Wildman–Crippen MR) is 164 cm³/mol. The minimum absolute atomic E-state index is 0.0267. The van der Waals surface area contributed by atoms with Crippen LogP contribution in [0.3, 0.4) is 0 Å². The van der Waals surface area contributed by atoms with Gasteiger partial charge in [0.15, 0.2) is 17.8 Å². The minimum atomic E-state index is -1.87. The number of rotatable bonds is 11. The molecule has 1 aromatic heterocycles. The van der Waals surface area contributed by atoms with Crippen molar-refractivity contribution >= 4 is 22.9 Å². The largest absolute Gasteiger partial charge is 0.504 e. The van der Waals surface area contributed by atoms with Crippen molar-refractivity contribution in [2.75, 3.05) is 20.3 Å². The van der Waals surface area contributed by atoms with Crippen molar-refractivity contribution in [1.82, 2.24) is 0 Å². The second-order valence-corrected chi connectivity index (χ2v) is 12.0. The molecule has 2 aromatic rings. The fraction of sp³-hybridized carbons (Fsp3) is 0.531. The highest BCUT2D eigenvalue weighted by Gasteiger charge is 2.49. The van der Waals surface area contributed by atoms with Crippen molar-refractivity contribution in [2.24, 2.45) is 11.8 Å². The Morgan fingerprint density at radius 2 is 1.57 bits per heavy atom. The first-order valence-corrected chi connectivity index (χ1v) is 15.6. The molecule has 2 saturated heterocycles. The highest BCUT2D eigenvalue weighted by atomic mass is 16.8. The van der Waals surface area contributed by atoms with E-state index in [2.05, 4.69) is 6.58 Å². The molecule has 0 unspecified atom stereocenters. The van der Waals surface area contributed by atoms with E-state index in [1.165, 1.54) is 18.2 Å². The van der Waals surface area contributed by atoms with E-state index in [0.717, 1.165) is 25.5 Å². The molecule has 4 heterocycles. The number of aliphatic hydroxyl groups excluding tert-OH is 7. The summed E-state index contributed by atoms with van der Waals surface area (Å²) in [5.41, 5.74) is -0.793. The number of phenolic OH excluding ortho intramolecular Hbond substituents is 1. The van der Waals surface area contributed by atoms with Crippen LogP contribution in [0.4, 0.5) is 0 Å². The quantitative estimate of drug-likeness (QED) is 0.0662. The number of ether oxygens (including phenoxy) is 7. The molecule has 0 saturated carbocycles. The van der Waals surface area contributed by atoms with Crippen LogP contribution in [-0.4, -0.2) is 141 Å². The molecule has 19 nitrogen and oxygen atoms in total. The summed E-state index contributed by atoms with van der Waals surface area (Å²) >= 11 is 0. The molecule has 1 aromatic carbocycles. The fourth-order valence-corrected chi connectivity index (χ4v) is 5.86. The van der Waals surface area contributed by atoms with E-state index in [-0.39, 0.29) is 16.9 Å². The van der Waals surface area contributed by atoms with Gasteiger partial charge >= 0.3 is 17.6 Å². The summed E-state index contributed by atoms with van der Waals surface area (Å²) in [6.45, 7) is 2.29. The normalized spacial score (nSPS) is 35.3. The maximum absolute atomic E-state index is 13.2. The summed E-state index contributed by atoms with van der Waals surface area (Å²) in [4.78, 5) is 37.4. The lowest BCUT2D eigenvalue weighted by molar-refractivity contribution is -0.339. The van der Waals surface area contributed by atoms with Gasteiger partial charge in [-0.05, 0) is 12.1 Å². The summed E-state index contributed by atoms with van der Waals surface area (Å²) in [7, 11) is 1.09. The van der Waals surface area contributed by atoms with Crippen molar-refractivity contribution in [3.05, 3.63) is 59.2 Å². The number of hydrogen-bond donors (Lipinski definition) is 8. The zero-order valence-electron chi connectivity index (χ0n) is 26.9. The third kappa shape index (κ3) is 8.02. The number of hydrogen-bond acceptors (Lipinski definition) is 19. The number of phenols is 1. The number of carbonyl (C=O) groups excluding carboxylic acids is 2. The Morgan fingerprint density at radius 1 is 0.902 bits per heavy atom. The van der Waals surface area contributed by atoms with E-state index < -0.39 is 122 Å². The summed E-state index contributed by atoms with van der Waals surface area (Å²) in [5.74, 6) is -4.72. The first kappa shape index (κ1) is 38.1. The van der Waals surface area contributed by atoms with Gasteiger partial charge in [-0.2, -0.15) is 0 Å². The summed E-state index contributed by atoms with van der Waals surface area (Å²) in [6.07, 6.45) is -16.6. The fourth-order valence-electron chi connectivity index (χ4n) is 5.86. The molecule has 19 heteroatoms. The van der Waals surface area contributed by atoms with Gasteiger partial charge in [0.25, 0.3) is 0 Å². The van der Waals surface area contributed by atoms with Crippen LogP contribution in [-0.2, 0) is 38.0 Å². The molecule has 0 radical (unpaired) electrons.